The van der Waals surface area contributed by atoms with Crippen LogP contribution < -0.4 is 10.6 Å². The van der Waals surface area contributed by atoms with Crippen molar-refractivity contribution < 1.29 is 4.79 Å². The zero-order valence-electron chi connectivity index (χ0n) is 7.83. The van der Waals surface area contributed by atoms with Crippen LogP contribution >= 0.6 is 15.9 Å². The summed E-state index contributed by atoms with van der Waals surface area (Å²) in [4.78, 5) is 13.4. The van der Waals surface area contributed by atoms with E-state index in [1.165, 1.54) is 0 Å². The normalized spacial score (nSPS) is 20.1. The number of benzene rings is 1. The van der Waals surface area contributed by atoms with E-state index in [2.05, 4.69) is 15.9 Å². The van der Waals surface area contributed by atoms with Crippen molar-refractivity contribution in [3.05, 3.63) is 28.2 Å². The number of halogens is 1. The van der Waals surface area contributed by atoms with Gasteiger partial charge in [-0.25, -0.2) is 0 Å². The molecule has 14 heavy (non-hydrogen) atoms. The van der Waals surface area contributed by atoms with Crippen molar-refractivity contribution in [2.24, 2.45) is 5.73 Å². The summed E-state index contributed by atoms with van der Waals surface area (Å²) in [5, 5.41) is 0. The minimum Gasteiger partial charge on any atom is -0.316 e. The van der Waals surface area contributed by atoms with E-state index in [4.69, 9.17) is 5.73 Å². The summed E-state index contributed by atoms with van der Waals surface area (Å²) in [5.41, 5.74) is 7.66. The molecule has 0 aromatic heterocycles. The van der Waals surface area contributed by atoms with Crippen molar-refractivity contribution >= 4 is 27.5 Å². The van der Waals surface area contributed by atoms with Crippen LogP contribution in [-0.4, -0.2) is 12.5 Å². The molecule has 4 heteroatoms. The fourth-order valence-corrected chi connectivity index (χ4v) is 2.14. The molecule has 1 aliphatic rings. The third kappa shape index (κ3) is 1.26. The van der Waals surface area contributed by atoms with E-state index in [9.17, 15) is 4.79 Å². The highest BCUT2D eigenvalue weighted by atomic mass is 79.9. The van der Waals surface area contributed by atoms with Crippen molar-refractivity contribution in [2.45, 2.75) is 13.0 Å². The molecule has 0 aliphatic carbocycles. The lowest BCUT2D eigenvalue weighted by Crippen LogP contribution is -2.31. The van der Waals surface area contributed by atoms with Crippen LogP contribution in [0.4, 0.5) is 5.69 Å². The molecule has 0 saturated heterocycles. The molecular formula is C10H11BrN2O. The van der Waals surface area contributed by atoms with Crippen LogP contribution in [0.25, 0.3) is 0 Å². The molecule has 0 bridgehead atoms. The van der Waals surface area contributed by atoms with Crippen molar-refractivity contribution in [3.63, 3.8) is 0 Å². The molecule has 1 unspecified atom stereocenters. The van der Waals surface area contributed by atoms with Crippen molar-refractivity contribution in [1.29, 1.82) is 0 Å². The van der Waals surface area contributed by atoms with E-state index in [0.717, 1.165) is 15.7 Å². The highest BCUT2D eigenvalue weighted by molar-refractivity contribution is 9.10. The molecule has 3 nitrogen and oxygen atoms in total. The monoisotopic (exact) mass is 254 g/mol. The van der Waals surface area contributed by atoms with E-state index >= 15 is 0 Å². The Hall–Kier alpha value is -0.870. The number of likely N-dealkylation sites (N-methyl/N-ethyl adjacent to an activating group) is 1. The van der Waals surface area contributed by atoms with Gasteiger partial charge in [-0.1, -0.05) is 15.9 Å². The Bertz CT molecular complexity index is 392. The summed E-state index contributed by atoms with van der Waals surface area (Å²) >= 11 is 3.37. The highest BCUT2D eigenvalue weighted by Crippen LogP contribution is 2.35. The largest absolute Gasteiger partial charge is 0.316 e. The van der Waals surface area contributed by atoms with Crippen molar-refractivity contribution in [2.75, 3.05) is 11.4 Å². The maximum Gasteiger partial charge on any atom is 0.248 e. The standard InChI is InChI=1S/C10H11BrN2O/c1-2-13-8-4-3-6(11)5-7(8)9(12)10(13)14/h3-5,9H,2,12H2,1H3. The molecule has 0 saturated carbocycles. The quantitative estimate of drug-likeness (QED) is 0.831. The van der Waals surface area contributed by atoms with Crippen LogP contribution in [0.3, 0.4) is 0 Å². The van der Waals surface area contributed by atoms with E-state index < -0.39 is 6.04 Å². The first-order chi connectivity index (χ1) is 6.65. The van der Waals surface area contributed by atoms with Gasteiger partial charge >= 0.3 is 0 Å². The van der Waals surface area contributed by atoms with Crippen molar-refractivity contribution in [1.82, 2.24) is 0 Å². The third-order valence-corrected chi connectivity index (χ3v) is 2.96. The molecule has 1 amide bonds. The second-order valence-corrected chi connectivity index (χ2v) is 4.18. The Morgan fingerprint density at radius 1 is 1.57 bits per heavy atom. The van der Waals surface area contributed by atoms with Gasteiger partial charge in [-0.05, 0) is 25.1 Å². The first-order valence-corrected chi connectivity index (χ1v) is 5.31. The topological polar surface area (TPSA) is 46.3 Å². The number of carbonyl (C=O) groups is 1. The SMILES string of the molecule is CCN1C(=O)C(N)c2cc(Br)ccc21. The summed E-state index contributed by atoms with van der Waals surface area (Å²) in [7, 11) is 0. The number of fused-ring (bicyclic) bond motifs is 1. The van der Waals surface area contributed by atoms with E-state index in [1.54, 1.807) is 4.90 Å². The Kier molecular flexibility index (Phi) is 2.33. The lowest BCUT2D eigenvalue weighted by Gasteiger charge is -2.14. The average molecular weight is 255 g/mol. The first-order valence-electron chi connectivity index (χ1n) is 4.51. The van der Waals surface area contributed by atoms with E-state index in [-0.39, 0.29) is 5.91 Å². The van der Waals surface area contributed by atoms with Crippen LogP contribution in [0.1, 0.15) is 18.5 Å². The van der Waals surface area contributed by atoms with Gasteiger partial charge in [0.15, 0.2) is 0 Å². The van der Waals surface area contributed by atoms with Gasteiger partial charge < -0.3 is 10.6 Å². The minimum absolute atomic E-state index is 0.0133. The fraction of sp³-hybridized carbons (Fsp3) is 0.300. The van der Waals surface area contributed by atoms with Crippen LogP contribution in [0, 0.1) is 0 Å². The van der Waals surface area contributed by atoms with E-state index in [0.29, 0.717) is 6.54 Å². The smallest absolute Gasteiger partial charge is 0.248 e. The lowest BCUT2D eigenvalue weighted by molar-refractivity contribution is -0.119. The number of anilines is 1. The average Bonchev–Trinajstić information content (AvgIpc) is 2.41. The number of hydrogen-bond donors (Lipinski definition) is 1. The summed E-state index contributed by atoms with van der Waals surface area (Å²) in [6.45, 7) is 2.61. The van der Waals surface area contributed by atoms with Gasteiger partial charge in [0.05, 0.1) is 0 Å². The molecule has 1 atom stereocenters. The number of rotatable bonds is 1. The molecule has 2 N–H and O–H groups in total. The third-order valence-electron chi connectivity index (χ3n) is 2.46. The number of nitrogens with two attached hydrogens (primary N) is 1. The van der Waals surface area contributed by atoms with Gasteiger partial charge in [0.25, 0.3) is 0 Å². The van der Waals surface area contributed by atoms with Gasteiger partial charge in [-0.2, -0.15) is 0 Å². The van der Waals surface area contributed by atoms with Gasteiger partial charge in [-0.3, -0.25) is 4.79 Å². The Labute approximate surface area is 91.0 Å². The first kappa shape index (κ1) is 9.68. The van der Waals surface area contributed by atoms with E-state index in [1.807, 2.05) is 25.1 Å². The zero-order valence-corrected chi connectivity index (χ0v) is 9.41. The number of nitrogens with zero attached hydrogens (tertiary/aromatic N) is 1. The molecule has 1 heterocycles. The molecule has 0 radical (unpaired) electrons. The Morgan fingerprint density at radius 3 is 2.93 bits per heavy atom. The van der Waals surface area contributed by atoms with Crippen LogP contribution in [0.15, 0.2) is 22.7 Å². The van der Waals surface area contributed by atoms with Crippen LogP contribution in [0.5, 0.6) is 0 Å². The maximum absolute atomic E-state index is 11.7. The molecule has 1 aliphatic heterocycles. The minimum atomic E-state index is -0.498. The van der Waals surface area contributed by atoms with Crippen molar-refractivity contribution in [3.8, 4) is 0 Å². The predicted octanol–water partition coefficient (Wildman–Crippen LogP) is 1.82. The maximum atomic E-state index is 11.7. The molecule has 0 spiro atoms. The molecule has 74 valence electrons. The second kappa shape index (κ2) is 3.37. The highest BCUT2D eigenvalue weighted by Gasteiger charge is 2.33. The second-order valence-electron chi connectivity index (χ2n) is 3.26. The molecule has 1 aromatic rings. The summed E-state index contributed by atoms with van der Waals surface area (Å²) < 4.78 is 0.956. The summed E-state index contributed by atoms with van der Waals surface area (Å²) in [6, 6.07) is 5.26. The van der Waals surface area contributed by atoms with Gasteiger partial charge in [0, 0.05) is 22.3 Å². The number of amides is 1. The number of hydrogen-bond acceptors (Lipinski definition) is 2. The van der Waals surface area contributed by atoms with Crippen LogP contribution in [-0.2, 0) is 4.79 Å². The summed E-state index contributed by atoms with van der Waals surface area (Å²) in [6.07, 6.45) is 0. The van der Waals surface area contributed by atoms with Gasteiger partial charge in [0.2, 0.25) is 5.91 Å². The number of carbonyl (C=O) groups excluding carboxylic acids is 1. The summed E-state index contributed by atoms with van der Waals surface area (Å²) in [5.74, 6) is -0.0133. The molecule has 1 aromatic carbocycles. The lowest BCUT2D eigenvalue weighted by atomic mass is 10.1. The predicted molar refractivity (Wildman–Crippen MR) is 59.1 cm³/mol. The van der Waals surface area contributed by atoms with Crippen LogP contribution in [0.2, 0.25) is 0 Å². The molecule has 0 fully saturated rings. The molecule has 2 rings (SSSR count). The Morgan fingerprint density at radius 2 is 2.29 bits per heavy atom. The fourth-order valence-electron chi connectivity index (χ4n) is 1.77. The zero-order chi connectivity index (χ0) is 10.3. The van der Waals surface area contributed by atoms with Gasteiger partial charge in [0.1, 0.15) is 6.04 Å². The van der Waals surface area contributed by atoms with Gasteiger partial charge in [-0.15, -0.1) is 0 Å². The molecular weight excluding hydrogens is 244 g/mol. The Balaban J connectivity index is 2.55.